The molecule has 0 atom stereocenters. The molecule has 36 heavy (non-hydrogen) atoms. The Labute approximate surface area is 211 Å². The predicted octanol–water partition coefficient (Wildman–Crippen LogP) is 4.63. The Hall–Kier alpha value is -4.17. The number of anilines is 1. The van der Waals surface area contributed by atoms with Gasteiger partial charge in [-0.3, -0.25) is 4.31 Å². The Morgan fingerprint density at radius 3 is 2.03 bits per heavy atom. The average molecular weight is 506 g/mol. The van der Waals surface area contributed by atoms with Gasteiger partial charge >= 0.3 is 11.9 Å². The number of hydrogen-bond donors (Lipinski definition) is 0. The van der Waals surface area contributed by atoms with Crippen LogP contribution in [-0.2, 0) is 29.1 Å². The molecule has 0 fully saturated rings. The van der Waals surface area contributed by atoms with Crippen molar-refractivity contribution in [3.63, 3.8) is 0 Å². The maximum atomic E-state index is 13.8. The molecule has 0 aliphatic heterocycles. The Balaban J connectivity index is 2.15. The first kappa shape index (κ1) is 26.4. The van der Waals surface area contributed by atoms with Crippen molar-refractivity contribution in [3.8, 4) is 0 Å². The molecule has 0 aliphatic carbocycles. The fourth-order valence-corrected chi connectivity index (χ4v) is 4.87. The SMILES string of the molecule is COC(=O)C(=Cc1ccccc1N(C/C=C/c1ccccc1)S(=O)(=O)c1ccc(C)cc1)C(=O)OC. The van der Waals surface area contributed by atoms with Crippen molar-refractivity contribution in [2.75, 3.05) is 25.1 Å². The molecule has 0 heterocycles. The third kappa shape index (κ3) is 6.28. The van der Waals surface area contributed by atoms with Crippen molar-refractivity contribution in [2.24, 2.45) is 0 Å². The molecule has 3 rings (SSSR count). The van der Waals surface area contributed by atoms with Gasteiger partial charge in [0.05, 0.1) is 31.3 Å². The number of sulfonamides is 1. The highest BCUT2D eigenvalue weighted by molar-refractivity contribution is 7.92. The van der Waals surface area contributed by atoms with Gasteiger partial charge in [-0.15, -0.1) is 0 Å². The van der Waals surface area contributed by atoms with E-state index in [1.54, 1.807) is 54.6 Å². The number of nitrogens with zero attached hydrogens (tertiary/aromatic N) is 1. The number of aryl methyl sites for hydroxylation is 1. The molecule has 0 bridgehead atoms. The summed E-state index contributed by atoms with van der Waals surface area (Å²) in [5.74, 6) is -1.79. The second kappa shape index (κ2) is 12.0. The molecule has 0 N–H and O–H groups in total. The maximum Gasteiger partial charge on any atom is 0.345 e. The summed E-state index contributed by atoms with van der Waals surface area (Å²) in [6.45, 7) is 1.87. The third-order valence-electron chi connectivity index (χ3n) is 5.31. The predicted molar refractivity (Wildman–Crippen MR) is 140 cm³/mol. The van der Waals surface area contributed by atoms with Gasteiger partial charge in [-0.05, 0) is 42.3 Å². The molecular weight excluding hydrogens is 478 g/mol. The first-order valence-electron chi connectivity index (χ1n) is 11.1. The molecule has 0 radical (unpaired) electrons. The van der Waals surface area contributed by atoms with Crippen LogP contribution in [0, 0.1) is 6.92 Å². The van der Waals surface area contributed by atoms with E-state index in [9.17, 15) is 18.0 Å². The first-order chi connectivity index (χ1) is 17.3. The maximum absolute atomic E-state index is 13.8. The number of para-hydroxylation sites is 1. The van der Waals surface area contributed by atoms with Crippen LogP contribution < -0.4 is 4.31 Å². The first-order valence-corrected chi connectivity index (χ1v) is 12.5. The summed E-state index contributed by atoms with van der Waals surface area (Å²) >= 11 is 0. The number of esters is 2. The molecule has 0 saturated carbocycles. The summed E-state index contributed by atoms with van der Waals surface area (Å²) < 4.78 is 38.3. The lowest BCUT2D eigenvalue weighted by Gasteiger charge is -2.25. The molecule has 3 aromatic rings. The van der Waals surface area contributed by atoms with Gasteiger partial charge in [-0.25, -0.2) is 18.0 Å². The summed E-state index contributed by atoms with van der Waals surface area (Å²) in [4.78, 5) is 24.6. The zero-order valence-corrected chi connectivity index (χ0v) is 21.1. The fraction of sp³-hybridized carbons (Fsp3) is 0.143. The van der Waals surface area contributed by atoms with Crippen LogP contribution >= 0.6 is 0 Å². The number of rotatable bonds is 9. The molecule has 0 aliphatic rings. The van der Waals surface area contributed by atoms with Gasteiger partial charge in [0.15, 0.2) is 0 Å². The molecule has 0 unspecified atom stereocenters. The Morgan fingerprint density at radius 2 is 1.42 bits per heavy atom. The van der Waals surface area contributed by atoms with E-state index in [1.807, 2.05) is 43.3 Å². The van der Waals surface area contributed by atoms with Gasteiger partial charge in [-0.1, -0.05) is 78.4 Å². The van der Waals surface area contributed by atoms with E-state index in [1.165, 1.54) is 10.4 Å². The van der Waals surface area contributed by atoms with E-state index in [0.717, 1.165) is 25.3 Å². The lowest BCUT2D eigenvalue weighted by Crippen LogP contribution is -2.32. The topological polar surface area (TPSA) is 90.0 Å². The van der Waals surface area contributed by atoms with Crippen molar-refractivity contribution in [2.45, 2.75) is 11.8 Å². The Bertz CT molecular complexity index is 1360. The van der Waals surface area contributed by atoms with Crippen LogP contribution in [0.4, 0.5) is 5.69 Å². The van der Waals surface area contributed by atoms with Crippen LogP contribution in [0.1, 0.15) is 16.7 Å². The standard InChI is InChI=1S/C28H27NO6S/c1-21-15-17-24(18-16-21)36(32,33)29(19-9-12-22-10-5-4-6-11-22)26-14-8-7-13-23(26)20-25(27(30)34-2)28(31)35-3/h4-18,20H,19H2,1-3H3/b12-9+. The number of hydrogen-bond acceptors (Lipinski definition) is 6. The van der Waals surface area contributed by atoms with E-state index in [4.69, 9.17) is 9.47 Å². The normalized spacial score (nSPS) is 11.1. The van der Waals surface area contributed by atoms with Crippen molar-refractivity contribution in [3.05, 3.63) is 107 Å². The Kier molecular flexibility index (Phi) is 8.81. The van der Waals surface area contributed by atoms with Crippen LogP contribution in [0.5, 0.6) is 0 Å². The van der Waals surface area contributed by atoms with Crippen LogP contribution in [0.25, 0.3) is 12.2 Å². The van der Waals surface area contributed by atoms with E-state index >= 15 is 0 Å². The third-order valence-corrected chi connectivity index (χ3v) is 7.10. The summed E-state index contributed by atoms with van der Waals surface area (Å²) in [5.41, 5.74) is 2.08. The largest absolute Gasteiger partial charge is 0.465 e. The minimum Gasteiger partial charge on any atom is -0.465 e. The molecular formula is C28H27NO6S. The van der Waals surface area contributed by atoms with Gasteiger partial charge in [-0.2, -0.15) is 0 Å². The molecule has 0 saturated heterocycles. The highest BCUT2D eigenvalue weighted by Crippen LogP contribution is 2.29. The van der Waals surface area contributed by atoms with Crippen molar-refractivity contribution in [1.29, 1.82) is 0 Å². The van der Waals surface area contributed by atoms with Crippen molar-refractivity contribution >= 4 is 39.8 Å². The molecule has 0 amide bonds. The summed E-state index contributed by atoms with van der Waals surface area (Å²) in [6, 6.07) is 22.6. The van der Waals surface area contributed by atoms with Gasteiger partial charge in [0, 0.05) is 0 Å². The summed E-state index contributed by atoms with van der Waals surface area (Å²) in [6.07, 6.45) is 4.83. The second-order valence-electron chi connectivity index (χ2n) is 7.76. The number of carbonyl (C=O) groups excluding carboxylic acids is 2. The van der Waals surface area contributed by atoms with Crippen molar-refractivity contribution < 1.29 is 27.5 Å². The highest BCUT2D eigenvalue weighted by atomic mass is 32.2. The zero-order chi connectivity index (χ0) is 26.1. The number of ether oxygens (including phenoxy) is 2. The fourth-order valence-electron chi connectivity index (χ4n) is 3.43. The van der Waals surface area contributed by atoms with Crippen LogP contribution in [0.2, 0.25) is 0 Å². The van der Waals surface area contributed by atoms with Gasteiger partial charge < -0.3 is 9.47 Å². The Morgan fingerprint density at radius 1 is 0.833 bits per heavy atom. The van der Waals surface area contributed by atoms with Gasteiger partial charge in [0.25, 0.3) is 10.0 Å². The van der Waals surface area contributed by atoms with Gasteiger partial charge in [0.1, 0.15) is 5.57 Å². The van der Waals surface area contributed by atoms with Gasteiger partial charge in [0.2, 0.25) is 0 Å². The lowest BCUT2D eigenvalue weighted by molar-refractivity contribution is -0.143. The van der Waals surface area contributed by atoms with Crippen LogP contribution in [-0.4, -0.2) is 41.1 Å². The monoisotopic (exact) mass is 505 g/mol. The van der Waals surface area contributed by atoms with E-state index in [-0.39, 0.29) is 22.7 Å². The van der Waals surface area contributed by atoms with Crippen molar-refractivity contribution in [1.82, 2.24) is 0 Å². The molecule has 3 aromatic carbocycles. The van der Waals surface area contributed by atoms with Crippen LogP contribution in [0.3, 0.4) is 0 Å². The second-order valence-corrected chi connectivity index (χ2v) is 9.62. The molecule has 7 nitrogen and oxygen atoms in total. The van der Waals surface area contributed by atoms with E-state index in [0.29, 0.717) is 5.56 Å². The molecule has 186 valence electrons. The van der Waals surface area contributed by atoms with E-state index < -0.39 is 22.0 Å². The summed E-state index contributed by atoms with van der Waals surface area (Å²) in [5, 5.41) is 0. The minimum atomic E-state index is -4.01. The lowest BCUT2D eigenvalue weighted by atomic mass is 10.1. The minimum absolute atomic E-state index is 0.00173. The molecule has 0 aromatic heterocycles. The molecule has 0 spiro atoms. The quantitative estimate of drug-likeness (QED) is 0.182. The zero-order valence-electron chi connectivity index (χ0n) is 20.2. The van der Waals surface area contributed by atoms with Crippen LogP contribution in [0.15, 0.2) is 95.4 Å². The number of carbonyl (C=O) groups is 2. The smallest absolute Gasteiger partial charge is 0.345 e. The molecule has 8 heteroatoms. The van der Waals surface area contributed by atoms with E-state index in [2.05, 4.69) is 0 Å². The number of methoxy groups -OCH3 is 2. The average Bonchev–Trinajstić information content (AvgIpc) is 2.90. The summed E-state index contributed by atoms with van der Waals surface area (Å²) in [7, 11) is -1.72. The highest BCUT2D eigenvalue weighted by Gasteiger charge is 2.27. The number of benzene rings is 3.